The first-order valence-corrected chi connectivity index (χ1v) is 8.79. The summed E-state index contributed by atoms with van der Waals surface area (Å²) in [5.74, 6) is 0.301. The van der Waals surface area contributed by atoms with E-state index in [0.717, 1.165) is 45.8 Å². The van der Waals surface area contributed by atoms with Gasteiger partial charge < -0.3 is 4.74 Å². The maximum atomic E-state index is 12.4. The van der Waals surface area contributed by atoms with Gasteiger partial charge >= 0.3 is 0 Å². The molecule has 1 aromatic heterocycles. The number of anilines is 1. The number of hydrogen-bond donors (Lipinski definition) is 1. The van der Waals surface area contributed by atoms with Crippen molar-refractivity contribution in [1.82, 2.24) is 19.8 Å². The first-order chi connectivity index (χ1) is 11.7. The Hall–Kier alpha value is -1.57. The van der Waals surface area contributed by atoms with Crippen molar-refractivity contribution >= 4 is 11.9 Å². The molecule has 1 fully saturated rings. The monoisotopic (exact) mass is 335 g/mol. The van der Waals surface area contributed by atoms with Crippen LogP contribution in [0.5, 0.6) is 0 Å². The summed E-state index contributed by atoms with van der Waals surface area (Å²) in [4.78, 5) is 25.2. The van der Waals surface area contributed by atoms with Crippen molar-refractivity contribution in [3.05, 3.63) is 18.5 Å². The highest BCUT2D eigenvalue weighted by Crippen LogP contribution is 2.15. The van der Waals surface area contributed by atoms with Gasteiger partial charge in [-0.3, -0.25) is 19.9 Å². The zero-order valence-electron chi connectivity index (χ0n) is 14.9. The molecule has 0 aliphatic carbocycles. The number of amides is 1. The van der Waals surface area contributed by atoms with E-state index in [-0.39, 0.29) is 11.9 Å². The Morgan fingerprint density at radius 2 is 2.12 bits per heavy atom. The van der Waals surface area contributed by atoms with Gasteiger partial charge in [0.25, 0.3) is 0 Å². The molecule has 0 unspecified atom stereocenters. The Morgan fingerprint density at radius 1 is 1.38 bits per heavy atom. The van der Waals surface area contributed by atoms with Gasteiger partial charge in [-0.15, -0.1) is 0 Å². The van der Waals surface area contributed by atoms with Crippen molar-refractivity contribution in [3.8, 4) is 0 Å². The summed E-state index contributed by atoms with van der Waals surface area (Å²) in [5, 5.41) is 2.79. The molecular weight excluding hydrogens is 306 g/mol. The molecule has 1 aliphatic heterocycles. The molecule has 0 aromatic carbocycles. The summed E-state index contributed by atoms with van der Waals surface area (Å²) < 4.78 is 5.47. The zero-order valence-corrected chi connectivity index (χ0v) is 14.9. The molecule has 0 saturated carbocycles. The smallest absolute Gasteiger partial charge is 0.243 e. The molecule has 2 rings (SSSR count). The van der Waals surface area contributed by atoms with Crippen molar-refractivity contribution < 1.29 is 9.53 Å². The quantitative estimate of drug-likeness (QED) is 0.721. The predicted octanol–water partition coefficient (Wildman–Crippen LogP) is 1.24. The Balaban J connectivity index is 1.87. The van der Waals surface area contributed by atoms with Gasteiger partial charge in [-0.2, -0.15) is 0 Å². The van der Waals surface area contributed by atoms with Crippen LogP contribution in [0.25, 0.3) is 0 Å². The number of piperazine rings is 1. The molecular formula is C17H29N5O2. The van der Waals surface area contributed by atoms with Gasteiger partial charge in [0, 0.05) is 51.2 Å². The number of carbonyl (C=O) groups is 1. The Morgan fingerprint density at radius 3 is 2.79 bits per heavy atom. The van der Waals surface area contributed by atoms with E-state index in [9.17, 15) is 4.79 Å². The summed E-state index contributed by atoms with van der Waals surface area (Å²) in [6, 6.07) is 1.99. The number of nitrogens with one attached hydrogen (secondary N) is 1. The van der Waals surface area contributed by atoms with E-state index in [1.54, 1.807) is 18.5 Å². The van der Waals surface area contributed by atoms with E-state index < -0.39 is 0 Å². The number of hydrogen-bond acceptors (Lipinski definition) is 6. The third-order valence-electron chi connectivity index (χ3n) is 4.56. The molecule has 0 spiro atoms. The van der Waals surface area contributed by atoms with Crippen LogP contribution < -0.4 is 5.32 Å². The number of carbonyl (C=O) groups excluding carboxylic acids is 1. The van der Waals surface area contributed by atoms with E-state index in [2.05, 4.69) is 32.0 Å². The second kappa shape index (κ2) is 9.66. The molecule has 7 heteroatoms. The summed E-state index contributed by atoms with van der Waals surface area (Å²) >= 11 is 0. The second-order valence-corrected chi connectivity index (χ2v) is 6.03. The SMILES string of the molecule is CCOCCN1CCN([C@@H](C)C(=O)Nc2ncccn2)C[C@H]1CC. The van der Waals surface area contributed by atoms with Crippen LogP contribution in [0.3, 0.4) is 0 Å². The molecule has 134 valence electrons. The van der Waals surface area contributed by atoms with Gasteiger partial charge in [0.15, 0.2) is 0 Å². The van der Waals surface area contributed by atoms with Gasteiger partial charge in [0.2, 0.25) is 11.9 Å². The fraction of sp³-hybridized carbons (Fsp3) is 0.706. The summed E-state index contributed by atoms with van der Waals surface area (Å²) in [7, 11) is 0. The van der Waals surface area contributed by atoms with Crippen molar-refractivity contribution in [2.75, 3.05) is 44.7 Å². The largest absolute Gasteiger partial charge is 0.380 e. The first-order valence-electron chi connectivity index (χ1n) is 8.79. The fourth-order valence-corrected chi connectivity index (χ4v) is 3.02. The fourth-order valence-electron chi connectivity index (χ4n) is 3.02. The van der Waals surface area contributed by atoms with Crippen molar-refractivity contribution in [2.24, 2.45) is 0 Å². The van der Waals surface area contributed by atoms with Crippen LogP contribution in [-0.4, -0.2) is 77.2 Å². The maximum absolute atomic E-state index is 12.4. The summed E-state index contributed by atoms with van der Waals surface area (Å²) in [6.07, 6.45) is 4.31. The number of aromatic nitrogens is 2. The molecule has 2 atom stereocenters. The Bertz CT molecular complexity index is 499. The molecule has 1 amide bonds. The predicted molar refractivity (Wildman–Crippen MR) is 93.8 cm³/mol. The standard InChI is InChI=1S/C17H29N5O2/c1-4-15-13-22(10-9-21(15)11-12-24-5-2)14(3)16(23)20-17-18-7-6-8-19-17/h6-8,14-15H,4-5,9-13H2,1-3H3,(H,18,19,20,23)/t14-,15+/m0/s1. The lowest BCUT2D eigenvalue weighted by atomic mass is 10.1. The van der Waals surface area contributed by atoms with Crippen LogP contribution in [0.4, 0.5) is 5.95 Å². The summed E-state index contributed by atoms with van der Waals surface area (Å²) in [6.45, 7) is 11.4. The minimum absolute atomic E-state index is 0.0566. The molecule has 24 heavy (non-hydrogen) atoms. The van der Waals surface area contributed by atoms with E-state index in [4.69, 9.17) is 4.74 Å². The van der Waals surface area contributed by atoms with Crippen LogP contribution in [-0.2, 0) is 9.53 Å². The molecule has 0 bridgehead atoms. The topological polar surface area (TPSA) is 70.6 Å². The van der Waals surface area contributed by atoms with Crippen molar-refractivity contribution in [1.29, 1.82) is 0 Å². The van der Waals surface area contributed by atoms with Crippen molar-refractivity contribution in [2.45, 2.75) is 39.3 Å². The molecule has 0 radical (unpaired) electrons. The first kappa shape index (κ1) is 18.8. The van der Waals surface area contributed by atoms with Crippen LogP contribution in [0.15, 0.2) is 18.5 Å². The van der Waals surface area contributed by atoms with E-state index in [0.29, 0.717) is 12.0 Å². The minimum atomic E-state index is -0.197. The van der Waals surface area contributed by atoms with Gasteiger partial charge in [0.1, 0.15) is 0 Å². The molecule has 1 saturated heterocycles. The van der Waals surface area contributed by atoms with E-state index in [1.807, 2.05) is 13.8 Å². The van der Waals surface area contributed by atoms with Gasteiger partial charge in [-0.1, -0.05) is 6.92 Å². The maximum Gasteiger partial charge on any atom is 0.243 e. The zero-order chi connectivity index (χ0) is 17.4. The van der Waals surface area contributed by atoms with Gasteiger partial charge in [-0.25, -0.2) is 9.97 Å². The van der Waals surface area contributed by atoms with Crippen LogP contribution in [0.2, 0.25) is 0 Å². The second-order valence-electron chi connectivity index (χ2n) is 6.03. The lowest BCUT2D eigenvalue weighted by molar-refractivity contribution is -0.122. The molecule has 7 nitrogen and oxygen atoms in total. The molecule has 1 aliphatic rings. The average molecular weight is 335 g/mol. The van der Waals surface area contributed by atoms with E-state index in [1.165, 1.54) is 0 Å². The third-order valence-corrected chi connectivity index (χ3v) is 4.56. The van der Waals surface area contributed by atoms with Crippen molar-refractivity contribution in [3.63, 3.8) is 0 Å². The lowest BCUT2D eigenvalue weighted by Crippen LogP contribution is -2.57. The Kier molecular flexibility index (Phi) is 7.55. The van der Waals surface area contributed by atoms with Crippen LogP contribution in [0.1, 0.15) is 27.2 Å². The van der Waals surface area contributed by atoms with E-state index >= 15 is 0 Å². The normalized spacial score (nSPS) is 20.7. The highest BCUT2D eigenvalue weighted by molar-refractivity contribution is 5.93. The van der Waals surface area contributed by atoms with Crippen LogP contribution in [0, 0.1) is 0 Å². The lowest BCUT2D eigenvalue weighted by Gasteiger charge is -2.43. The number of rotatable bonds is 8. The summed E-state index contributed by atoms with van der Waals surface area (Å²) in [5.41, 5.74) is 0. The molecule has 1 N–H and O–H groups in total. The third kappa shape index (κ3) is 5.22. The highest BCUT2D eigenvalue weighted by atomic mass is 16.5. The highest BCUT2D eigenvalue weighted by Gasteiger charge is 2.30. The average Bonchev–Trinajstić information content (AvgIpc) is 2.62. The number of ether oxygens (including phenoxy) is 1. The minimum Gasteiger partial charge on any atom is -0.380 e. The molecule has 1 aromatic rings. The van der Waals surface area contributed by atoms with Crippen LogP contribution >= 0.6 is 0 Å². The van der Waals surface area contributed by atoms with Gasteiger partial charge in [0.05, 0.1) is 12.6 Å². The molecule has 2 heterocycles. The Labute approximate surface area is 144 Å². The number of nitrogens with zero attached hydrogens (tertiary/aromatic N) is 4. The van der Waals surface area contributed by atoms with Gasteiger partial charge in [-0.05, 0) is 26.3 Å².